The molecule has 1 aromatic rings. The highest BCUT2D eigenvalue weighted by atomic mass is 19.1. The van der Waals surface area contributed by atoms with E-state index in [1.807, 2.05) is 0 Å². The molecular formula is C15H22FNO2. The van der Waals surface area contributed by atoms with Gasteiger partial charge in [-0.3, -0.25) is 4.79 Å². The summed E-state index contributed by atoms with van der Waals surface area (Å²) in [5.41, 5.74) is 0.797. The second-order valence-electron chi connectivity index (χ2n) is 4.53. The number of ether oxygens (including phenoxy) is 1. The minimum atomic E-state index is -0.374. The van der Waals surface area contributed by atoms with Crippen LogP contribution >= 0.6 is 0 Å². The summed E-state index contributed by atoms with van der Waals surface area (Å²) in [5, 5.41) is 0. The number of carbonyl (C=O) groups excluding carboxylic acids is 1. The zero-order valence-corrected chi connectivity index (χ0v) is 12.1. The molecule has 0 aliphatic carbocycles. The van der Waals surface area contributed by atoms with E-state index in [9.17, 15) is 9.18 Å². The Morgan fingerprint density at radius 1 is 1.32 bits per heavy atom. The Hall–Kier alpha value is -1.42. The molecule has 0 radical (unpaired) electrons. The third-order valence-corrected chi connectivity index (χ3v) is 3.20. The van der Waals surface area contributed by atoms with Crippen LogP contribution in [0.3, 0.4) is 0 Å². The first kappa shape index (κ1) is 15.6. The maximum atomic E-state index is 13.5. The van der Waals surface area contributed by atoms with Gasteiger partial charge >= 0.3 is 0 Å². The normalized spacial score (nSPS) is 10.8. The van der Waals surface area contributed by atoms with E-state index in [0.717, 1.165) is 19.6 Å². The molecule has 0 heterocycles. The third kappa shape index (κ3) is 4.31. The quantitative estimate of drug-likeness (QED) is 0.711. The number of hydrogen-bond acceptors (Lipinski definition) is 3. The number of Topliss-reactive ketones (excluding diaryl/α,β-unsaturated/α-hetero) is 1. The molecule has 1 rings (SSSR count). The first-order chi connectivity index (χ1) is 8.99. The lowest BCUT2D eigenvalue weighted by molar-refractivity contribution is 0.101. The van der Waals surface area contributed by atoms with Crippen LogP contribution in [0.4, 0.5) is 4.39 Å². The lowest BCUT2D eigenvalue weighted by atomic mass is 10.1. The monoisotopic (exact) mass is 267 g/mol. The van der Waals surface area contributed by atoms with Crippen molar-refractivity contribution in [3.63, 3.8) is 0 Å². The van der Waals surface area contributed by atoms with Crippen molar-refractivity contribution in [3.05, 3.63) is 29.1 Å². The SMILES string of the molecule is CCN(CC)CCOc1cc(C)c(F)cc1C(C)=O. The summed E-state index contributed by atoms with van der Waals surface area (Å²) in [6.45, 7) is 10.5. The van der Waals surface area contributed by atoms with E-state index in [1.165, 1.54) is 13.0 Å². The molecule has 0 bridgehead atoms. The number of rotatable bonds is 7. The molecule has 0 spiro atoms. The Balaban J connectivity index is 2.77. The van der Waals surface area contributed by atoms with Crippen molar-refractivity contribution in [2.24, 2.45) is 0 Å². The summed E-state index contributed by atoms with van der Waals surface area (Å²) >= 11 is 0. The van der Waals surface area contributed by atoms with Crippen molar-refractivity contribution < 1.29 is 13.9 Å². The number of aryl methyl sites for hydroxylation is 1. The zero-order valence-electron chi connectivity index (χ0n) is 12.1. The van der Waals surface area contributed by atoms with Crippen molar-refractivity contribution in [2.75, 3.05) is 26.2 Å². The summed E-state index contributed by atoms with van der Waals surface area (Å²) in [6, 6.07) is 2.85. The van der Waals surface area contributed by atoms with Gasteiger partial charge in [0.2, 0.25) is 0 Å². The fourth-order valence-corrected chi connectivity index (χ4v) is 1.87. The number of carbonyl (C=O) groups is 1. The number of hydrogen-bond donors (Lipinski definition) is 0. The minimum Gasteiger partial charge on any atom is -0.491 e. The highest BCUT2D eigenvalue weighted by Gasteiger charge is 2.12. The largest absolute Gasteiger partial charge is 0.491 e. The van der Waals surface area contributed by atoms with Crippen LogP contribution in [-0.2, 0) is 0 Å². The fraction of sp³-hybridized carbons (Fsp3) is 0.533. The predicted molar refractivity (Wildman–Crippen MR) is 74.4 cm³/mol. The topological polar surface area (TPSA) is 29.5 Å². The minimum absolute atomic E-state index is 0.184. The number of benzene rings is 1. The highest BCUT2D eigenvalue weighted by molar-refractivity contribution is 5.96. The molecule has 0 saturated heterocycles. The lowest BCUT2D eigenvalue weighted by Gasteiger charge is -2.19. The molecule has 0 aliphatic heterocycles. The van der Waals surface area contributed by atoms with Gasteiger partial charge < -0.3 is 9.64 Å². The van der Waals surface area contributed by atoms with Gasteiger partial charge in [-0.25, -0.2) is 4.39 Å². The van der Waals surface area contributed by atoms with Crippen molar-refractivity contribution >= 4 is 5.78 Å². The van der Waals surface area contributed by atoms with Gasteiger partial charge in [0.15, 0.2) is 5.78 Å². The molecular weight excluding hydrogens is 245 g/mol. The number of likely N-dealkylation sites (N-methyl/N-ethyl adjacent to an activating group) is 1. The molecule has 0 atom stereocenters. The Morgan fingerprint density at radius 3 is 2.47 bits per heavy atom. The molecule has 0 aromatic heterocycles. The summed E-state index contributed by atoms with van der Waals surface area (Å²) in [7, 11) is 0. The van der Waals surface area contributed by atoms with Gasteiger partial charge in [-0.1, -0.05) is 13.8 Å². The van der Waals surface area contributed by atoms with Gasteiger partial charge in [0.1, 0.15) is 18.2 Å². The van der Waals surface area contributed by atoms with E-state index >= 15 is 0 Å². The van der Waals surface area contributed by atoms with Crippen molar-refractivity contribution in [2.45, 2.75) is 27.7 Å². The van der Waals surface area contributed by atoms with Crippen molar-refractivity contribution in [1.29, 1.82) is 0 Å². The van der Waals surface area contributed by atoms with Crippen LogP contribution in [0.15, 0.2) is 12.1 Å². The average molecular weight is 267 g/mol. The molecule has 106 valence electrons. The Bertz CT molecular complexity index is 442. The second-order valence-corrected chi connectivity index (χ2v) is 4.53. The van der Waals surface area contributed by atoms with Crippen LogP contribution in [0.25, 0.3) is 0 Å². The van der Waals surface area contributed by atoms with Crippen molar-refractivity contribution in [1.82, 2.24) is 4.90 Å². The first-order valence-electron chi connectivity index (χ1n) is 6.65. The Labute approximate surface area is 114 Å². The molecule has 4 heteroatoms. The van der Waals surface area contributed by atoms with Gasteiger partial charge in [-0.2, -0.15) is 0 Å². The van der Waals surface area contributed by atoms with E-state index < -0.39 is 0 Å². The Kier molecular flexibility index (Phi) is 5.96. The van der Waals surface area contributed by atoms with Gasteiger partial charge in [0.05, 0.1) is 5.56 Å². The molecule has 0 amide bonds. The van der Waals surface area contributed by atoms with Crippen molar-refractivity contribution in [3.8, 4) is 5.75 Å². The van der Waals surface area contributed by atoms with Gasteiger partial charge in [0, 0.05) is 6.54 Å². The summed E-state index contributed by atoms with van der Waals surface area (Å²) in [6.07, 6.45) is 0. The highest BCUT2D eigenvalue weighted by Crippen LogP contribution is 2.23. The summed E-state index contributed by atoms with van der Waals surface area (Å²) < 4.78 is 19.1. The molecule has 0 saturated carbocycles. The van der Waals surface area contributed by atoms with E-state index in [0.29, 0.717) is 23.5 Å². The summed E-state index contributed by atoms with van der Waals surface area (Å²) in [5.74, 6) is -0.0865. The van der Waals surface area contributed by atoms with E-state index in [1.54, 1.807) is 13.0 Å². The van der Waals surface area contributed by atoms with E-state index in [-0.39, 0.29) is 11.6 Å². The molecule has 0 unspecified atom stereocenters. The molecule has 0 fully saturated rings. The van der Waals surface area contributed by atoms with Crippen LogP contribution in [0.5, 0.6) is 5.75 Å². The third-order valence-electron chi connectivity index (χ3n) is 3.20. The van der Waals surface area contributed by atoms with E-state index in [4.69, 9.17) is 4.74 Å². The summed E-state index contributed by atoms with van der Waals surface area (Å²) in [4.78, 5) is 13.7. The maximum absolute atomic E-state index is 13.5. The van der Waals surface area contributed by atoms with Crippen LogP contribution in [0.1, 0.15) is 36.7 Å². The lowest BCUT2D eigenvalue weighted by Crippen LogP contribution is -2.28. The predicted octanol–water partition coefficient (Wildman–Crippen LogP) is 3.06. The molecule has 0 aliphatic rings. The van der Waals surface area contributed by atoms with Gasteiger partial charge in [-0.05, 0) is 44.6 Å². The van der Waals surface area contributed by atoms with Gasteiger partial charge in [-0.15, -0.1) is 0 Å². The van der Waals surface area contributed by atoms with E-state index in [2.05, 4.69) is 18.7 Å². The second kappa shape index (κ2) is 7.24. The van der Waals surface area contributed by atoms with Crippen LogP contribution < -0.4 is 4.74 Å². The van der Waals surface area contributed by atoms with Crippen LogP contribution in [-0.4, -0.2) is 36.9 Å². The fourth-order valence-electron chi connectivity index (χ4n) is 1.87. The maximum Gasteiger partial charge on any atom is 0.163 e. The number of halogens is 1. The van der Waals surface area contributed by atoms with Gasteiger partial charge in [0.25, 0.3) is 0 Å². The number of nitrogens with zero attached hydrogens (tertiary/aromatic N) is 1. The molecule has 0 N–H and O–H groups in total. The number of ketones is 1. The molecule has 19 heavy (non-hydrogen) atoms. The van der Waals surface area contributed by atoms with Crippen LogP contribution in [0.2, 0.25) is 0 Å². The average Bonchev–Trinajstić information content (AvgIpc) is 2.38. The standard InChI is InChI=1S/C15H22FNO2/c1-5-17(6-2)7-8-19-15-9-11(3)14(16)10-13(15)12(4)18/h9-10H,5-8H2,1-4H3. The smallest absolute Gasteiger partial charge is 0.163 e. The Morgan fingerprint density at radius 2 is 1.95 bits per heavy atom. The molecule has 3 nitrogen and oxygen atoms in total. The molecule has 1 aromatic carbocycles. The zero-order chi connectivity index (χ0) is 14.4. The first-order valence-corrected chi connectivity index (χ1v) is 6.65. The van der Waals surface area contributed by atoms with Crippen LogP contribution in [0, 0.1) is 12.7 Å².